The van der Waals surface area contributed by atoms with Gasteiger partial charge in [0.2, 0.25) is 0 Å². The molecule has 3 rings (SSSR count). The van der Waals surface area contributed by atoms with Crippen molar-refractivity contribution in [3.05, 3.63) is 87.9 Å². The van der Waals surface area contributed by atoms with Gasteiger partial charge < -0.3 is 9.47 Å². The van der Waals surface area contributed by atoms with E-state index in [-0.39, 0.29) is 0 Å². The average Bonchev–Trinajstić information content (AvgIpc) is 2.68. The van der Waals surface area contributed by atoms with Gasteiger partial charge in [0.25, 0.3) is 0 Å². The number of ether oxygens (including phenoxy) is 2. The molecule has 3 aromatic rings. The molecule has 0 spiro atoms. The molecule has 138 valence electrons. The lowest BCUT2D eigenvalue weighted by atomic mass is 10.1. The molecule has 0 aliphatic carbocycles. The molecule has 0 amide bonds. The maximum Gasteiger partial charge on any atom is 0.161 e. The van der Waals surface area contributed by atoms with Crippen molar-refractivity contribution >= 4 is 23.5 Å². The van der Waals surface area contributed by atoms with Gasteiger partial charge in [-0.3, -0.25) is 4.99 Å². The summed E-state index contributed by atoms with van der Waals surface area (Å²) in [6, 6.07) is 19.6. The van der Waals surface area contributed by atoms with Gasteiger partial charge in [0.05, 0.1) is 12.8 Å². The Morgan fingerprint density at radius 3 is 2.44 bits per heavy atom. The first kappa shape index (κ1) is 19.0. The second-order valence-corrected chi connectivity index (χ2v) is 6.81. The summed E-state index contributed by atoms with van der Waals surface area (Å²) < 4.78 is 11.4. The molecule has 0 saturated heterocycles. The molecule has 0 aliphatic rings. The van der Waals surface area contributed by atoms with Gasteiger partial charge >= 0.3 is 0 Å². The summed E-state index contributed by atoms with van der Waals surface area (Å²) in [6.07, 6.45) is 1.84. The van der Waals surface area contributed by atoms with Gasteiger partial charge in [-0.1, -0.05) is 35.9 Å². The van der Waals surface area contributed by atoms with Crippen LogP contribution in [0.2, 0.25) is 5.02 Å². The highest BCUT2D eigenvalue weighted by atomic mass is 35.5. The molecule has 0 atom stereocenters. The van der Waals surface area contributed by atoms with Crippen molar-refractivity contribution in [3.8, 4) is 11.5 Å². The molecular weight excluding hydrogens is 358 g/mol. The van der Waals surface area contributed by atoms with Crippen molar-refractivity contribution in [3.63, 3.8) is 0 Å². The second kappa shape index (κ2) is 8.74. The summed E-state index contributed by atoms with van der Waals surface area (Å²) in [7, 11) is 1.64. The molecule has 0 N–H and O–H groups in total. The Morgan fingerprint density at radius 1 is 0.926 bits per heavy atom. The van der Waals surface area contributed by atoms with Crippen molar-refractivity contribution in [2.45, 2.75) is 20.5 Å². The molecule has 0 saturated carbocycles. The van der Waals surface area contributed by atoms with Gasteiger partial charge in [-0.2, -0.15) is 0 Å². The lowest BCUT2D eigenvalue weighted by Gasteiger charge is -2.11. The van der Waals surface area contributed by atoms with Gasteiger partial charge in [-0.05, 0) is 72.5 Å². The Morgan fingerprint density at radius 2 is 1.70 bits per heavy atom. The Labute approximate surface area is 165 Å². The van der Waals surface area contributed by atoms with Crippen LogP contribution in [0.1, 0.15) is 22.3 Å². The van der Waals surface area contributed by atoms with Crippen LogP contribution >= 0.6 is 11.6 Å². The predicted octanol–water partition coefficient (Wildman–Crippen LogP) is 6.30. The zero-order valence-corrected chi connectivity index (χ0v) is 16.5. The monoisotopic (exact) mass is 379 g/mol. The maximum absolute atomic E-state index is 5.91. The van der Waals surface area contributed by atoms with Crippen molar-refractivity contribution in [2.75, 3.05) is 7.11 Å². The van der Waals surface area contributed by atoms with Crippen LogP contribution in [0, 0.1) is 13.8 Å². The highest BCUT2D eigenvalue weighted by molar-refractivity contribution is 6.30. The van der Waals surface area contributed by atoms with E-state index in [0.717, 1.165) is 22.4 Å². The molecule has 0 heterocycles. The molecule has 4 heteroatoms. The van der Waals surface area contributed by atoms with Gasteiger partial charge in [0.15, 0.2) is 11.5 Å². The summed E-state index contributed by atoms with van der Waals surface area (Å²) in [5, 5.41) is 0.712. The summed E-state index contributed by atoms with van der Waals surface area (Å²) in [4.78, 5) is 4.61. The quantitative estimate of drug-likeness (QED) is 0.471. The van der Waals surface area contributed by atoms with Gasteiger partial charge in [0, 0.05) is 11.2 Å². The number of halogens is 1. The first-order valence-corrected chi connectivity index (χ1v) is 9.09. The number of aliphatic imine (C=N–C) groups is 1. The van der Waals surface area contributed by atoms with E-state index in [1.807, 2.05) is 48.7 Å². The minimum Gasteiger partial charge on any atom is -0.493 e. The van der Waals surface area contributed by atoms with Crippen molar-refractivity contribution < 1.29 is 9.47 Å². The van der Waals surface area contributed by atoms with Crippen molar-refractivity contribution in [1.29, 1.82) is 0 Å². The Hall–Kier alpha value is -2.78. The summed E-state index contributed by atoms with van der Waals surface area (Å²) in [5.74, 6) is 1.37. The summed E-state index contributed by atoms with van der Waals surface area (Å²) in [5.41, 5.74) is 5.30. The highest BCUT2D eigenvalue weighted by Crippen LogP contribution is 2.29. The van der Waals surface area contributed by atoms with Crippen LogP contribution in [0.15, 0.2) is 65.7 Å². The van der Waals surface area contributed by atoms with Crippen LogP contribution in [0.25, 0.3) is 0 Å². The van der Waals surface area contributed by atoms with E-state index in [1.165, 1.54) is 5.56 Å². The zero-order chi connectivity index (χ0) is 19.2. The van der Waals surface area contributed by atoms with E-state index in [0.29, 0.717) is 23.1 Å². The number of aryl methyl sites for hydroxylation is 2. The molecule has 27 heavy (non-hydrogen) atoms. The van der Waals surface area contributed by atoms with E-state index < -0.39 is 0 Å². The van der Waals surface area contributed by atoms with E-state index in [1.54, 1.807) is 7.11 Å². The zero-order valence-electron chi connectivity index (χ0n) is 15.7. The SMILES string of the molecule is COc1cc(C=Nc2cc(C)ccc2C)ccc1OCc1ccc(Cl)cc1. The third kappa shape index (κ3) is 5.11. The van der Waals surface area contributed by atoms with Crippen LogP contribution < -0.4 is 9.47 Å². The second-order valence-electron chi connectivity index (χ2n) is 6.37. The largest absolute Gasteiger partial charge is 0.493 e. The Kier molecular flexibility index (Phi) is 6.15. The Balaban J connectivity index is 1.74. The fraction of sp³-hybridized carbons (Fsp3) is 0.174. The number of methoxy groups -OCH3 is 1. The molecule has 0 aliphatic heterocycles. The third-order valence-corrected chi connectivity index (χ3v) is 4.46. The molecule has 0 bridgehead atoms. The molecule has 0 fully saturated rings. The van der Waals surface area contributed by atoms with Gasteiger partial charge in [0.1, 0.15) is 6.61 Å². The fourth-order valence-electron chi connectivity index (χ4n) is 2.63. The maximum atomic E-state index is 5.91. The minimum absolute atomic E-state index is 0.448. The van der Waals surface area contributed by atoms with E-state index in [9.17, 15) is 0 Å². The van der Waals surface area contributed by atoms with E-state index >= 15 is 0 Å². The van der Waals surface area contributed by atoms with Crippen molar-refractivity contribution in [1.82, 2.24) is 0 Å². The van der Waals surface area contributed by atoms with E-state index in [2.05, 4.69) is 37.0 Å². The number of rotatable bonds is 6. The fourth-order valence-corrected chi connectivity index (χ4v) is 2.75. The topological polar surface area (TPSA) is 30.8 Å². The first-order valence-electron chi connectivity index (χ1n) is 8.72. The molecule has 0 aromatic heterocycles. The lowest BCUT2D eigenvalue weighted by molar-refractivity contribution is 0.284. The predicted molar refractivity (Wildman–Crippen MR) is 112 cm³/mol. The van der Waals surface area contributed by atoms with Crippen LogP contribution in [0.3, 0.4) is 0 Å². The van der Waals surface area contributed by atoms with Gasteiger partial charge in [-0.15, -0.1) is 0 Å². The van der Waals surface area contributed by atoms with Crippen LogP contribution in [0.4, 0.5) is 5.69 Å². The number of hydrogen-bond acceptors (Lipinski definition) is 3. The molecular formula is C23H22ClNO2. The molecule has 3 nitrogen and oxygen atoms in total. The normalized spacial score (nSPS) is 11.0. The smallest absolute Gasteiger partial charge is 0.161 e. The highest BCUT2D eigenvalue weighted by Gasteiger charge is 2.06. The lowest BCUT2D eigenvalue weighted by Crippen LogP contribution is -1.98. The average molecular weight is 380 g/mol. The Bertz CT molecular complexity index is 949. The van der Waals surface area contributed by atoms with Crippen LogP contribution in [-0.2, 0) is 6.61 Å². The molecule has 0 unspecified atom stereocenters. The molecule has 0 radical (unpaired) electrons. The third-order valence-electron chi connectivity index (χ3n) is 4.21. The standard InChI is InChI=1S/C23H22ClNO2/c1-16-4-5-17(2)21(12-16)25-14-19-8-11-22(23(13-19)26-3)27-15-18-6-9-20(24)10-7-18/h4-14H,15H2,1-3H3. The van der Waals surface area contributed by atoms with Crippen molar-refractivity contribution in [2.24, 2.45) is 4.99 Å². The number of benzene rings is 3. The first-order chi connectivity index (χ1) is 13.0. The minimum atomic E-state index is 0.448. The van der Waals surface area contributed by atoms with Crippen LogP contribution in [-0.4, -0.2) is 13.3 Å². The van der Waals surface area contributed by atoms with Crippen LogP contribution in [0.5, 0.6) is 11.5 Å². The van der Waals surface area contributed by atoms with Gasteiger partial charge in [-0.25, -0.2) is 0 Å². The van der Waals surface area contributed by atoms with E-state index in [4.69, 9.17) is 21.1 Å². The summed E-state index contributed by atoms with van der Waals surface area (Å²) >= 11 is 5.91. The molecule has 3 aromatic carbocycles. The summed E-state index contributed by atoms with van der Waals surface area (Å²) in [6.45, 7) is 4.57. The number of hydrogen-bond donors (Lipinski definition) is 0. The number of nitrogens with zero attached hydrogens (tertiary/aromatic N) is 1.